The Balaban J connectivity index is 2.89. The van der Waals surface area contributed by atoms with E-state index in [1.54, 1.807) is 0 Å². The van der Waals surface area contributed by atoms with Crippen LogP contribution in [0, 0.1) is 5.82 Å². The van der Waals surface area contributed by atoms with Gasteiger partial charge in [0.05, 0.1) is 12.2 Å². The lowest BCUT2D eigenvalue weighted by Crippen LogP contribution is -2.00. The molecule has 2 nitrogen and oxygen atoms in total. The molecule has 0 radical (unpaired) electrons. The average Bonchev–Trinajstić information content (AvgIpc) is 2.16. The number of benzene rings is 1. The maximum atomic E-state index is 12.9. The van der Waals surface area contributed by atoms with E-state index in [-0.39, 0.29) is 11.3 Å². The third-order valence-corrected chi connectivity index (χ3v) is 2.46. The second-order valence-corrected chi connectivity index (χ2v) is 3.65. The van der Waals surface area contributed by atoms with Crippen LogP contribution < -0.4 is 0 Å². The minimum atomic E-state index is -1.31. The monoisotopic (exact) mass is 218 g/mol. The van der Waals surface area contributed by atoms with Gasteiger partial charge in [-0.15, -0.1) is 11.8 Å². The van der Waals surface area contributed by atoms with Gasteiger partial charge in [-0.25, -0.2) is 9.18 Å². The molecule has 0 aliphatic heterocycles. The Hall–Kier alpha value is -1.10. The minimum Gasteiger partial charge on any atom is -0.478 e. The van der Waals surface area contributed by atoms with E-state index in [1.165, 1.54) is 12.1 Å². The molecule has 0 aromatic heterocycles. The summed E-state index contributed by atoms with van der Waals surface area (Å²) in [6, 6.07) is 3.71. The summed E-state index contributed by atoms with van der Waals surface area (Å²) in [5.41, 5.74) is -0.381. The fourth-order valence-corrected chi connectivity index (χ4v) is 1.59. The van der Waals surface area contributed by atoms with Gasteiger partial charge in [0, 0.05) is 10.6 Å². The lowest BCUT2D eigenvalue weighted by molar-refractivity contribution is 0.0691. The van der Waals surface area contributed by atoms with Crippen LogP contribution >= 0.6 is 11.8 Å². The second kappa shape index (κ2) is 4.95. The molecule has 0 fully saturated rings. The molecule has 0 saturated carbocycles. The predicted octanol–water partition coefficient (Wildman–Crippen LogP) is 2.59. The molecule has 0 aliphatic rings. The van der Waals surface area contributed by atoms with Crippen molar-refractivity contribution in [2.24, 2.45) is 0 Å². The van der Waals surface area contributed by atoms with Gasteiger partial charge in [0.25, 0.3) is 0 Å². The number of carboxylic acid groups (broad SMARTS) is 1. The topological polar surface area (TPSA) is 37.3 Å². The molecule has 1 aromatic carbocycles. The molecule has 0 saturated heterocycles. The van der Waals surface area contributed by atoms with Gasteiger partial charge in [-0.1, -0.05) is 0 Å². The van der Waals surface area contributed by atoms with Crippen molar-refractivity contribution < 1.29 is 18.7 Å². The van der Waals surface area contributed by atoms with Crippen molar-refractivity contribution in [3.8, 4) is 0 Å². The highest BCUT2D eigenvalue weighted by Gasteiger charge is 2.10. The van der Waals surface area contributed by atoms with Crippen molar-refractivity contribution in [2.75, 3.05) is 12.4 Å². The van der Waals surface area contributed by atoms with Crippen LogP contribution in [0.5, 0.6) is 0 Å². The fraction of sp³-hybridized carbons (Fsp3) is 0.222. The number of carbonyl (C=O) groups is 1. The van der Waals surface area contributed by atoms with Crippen LogP contribution in [0.3, 0.4) is 0 Å². The highest BCUT2D eigenvalue weighted by atomic mass is 32.2. The number of aromatic carboxylic acids is 1. The quantitative estimate of drug-likeness (QED) is 0.789. The van der Waals surface area contributed by atoms with Crippen molar-refractivity contribution in [2.45, 2.75) is 4.90 Å². The Morgan fingerprint density at radius 2 is 2.21 bits per heavy atom. The number of hydrogen-bond acceptors (Lipinski definition) is 2. The average molecular weight is 218 g/mol. The van der Waals surface area contributed by atoms with E-state index >= 15 is 0 Å². The van der Waals surface area contributed by atoms with E-state index in [1.807, 2.05) is 0 Å². The second-order valence-electron chi connectivity index (χ2n) is 2.48. The highest BCUT2D eigenvalue weighted by molar-refractivity contribution is 7.99. The van der Waals surface area contributed by atoms with Crippen LogP contribution in [0.4, 0.5) is 8.78 Å². The Kier molecular flexibility index (Phi) is 3.88. The Morgan fingerprint density at radius 3 is 2.79 bits per heavy atom. The first-order valence-corrected chi connectivity index (χ1v) is 4.85. The Labute approximate surface area is 83.9 Å². The van der Waals surface area contributed by atoms with Crippen molar-refractivity contribution in [3.05, 3.63) is 29.6 Å². The molecule has 5 heteroatoms. The Bertz CT molecular complexity index is 342. The van der Waals surface area contributed by atoms with E-state index in [2.05, 4.69) is 0 Å². The molecule has 0 spiro atoms. The smallest absolute Gasteiger partial charge is 0.338 e. The third-order valence-electron chi connectivity index (χ3n) is 1.51. The summed E-state index contributed by atoms with van der Waals surface area (Å²) in [6.07, 6.45) is 0. The minimum absolute atomic E-state index is 0.241. The predicted molar refractivity (Wildman–Crippen MR) is 50.1 cm³/mol. The van der Waals surface area contributed by atoms with Crippen molar-refractivity contribution in [1.82, 2.24) is 0 Å². The van der Waals surface area contributed by atoms with E-state index in [9.17, 15) is 13.6 Å². The van der Waals surface area contributed by atoms with Gasteiger partial charge >= 0.3 is 5.97 Å². The largest absolute Gasteiger partial charge is 0.478 e. The molecule has 0 unspecified atom stereocenters. The molecule has 14 heavy (non-hydrogen) atoms. The molecule has 0 heterocycles. The van der Waals surface area contributed by atoms with Crippen LogP contribution in [0.2, 0.25) is 0 Å². The molecule has 0 amide bonds. The molecule has 76 valence electrons. The first kappa shape index (κ1) is 11.0. The maximum Gasteiger partial charge on any atom is 0.338 e. The summed E-state index contributed by atoms with van der Waals surface area (Å²) < 4.78 is 24.7. The number of thioether (sulfide) groups is 1. The van der Waals surface area contributed by atoms with Gasteiger partial charge in [0.1, 0.15) is 5.82 Å². The Morgan fingerprint density at radius 1 is 1.50 bits per heavy atom. The van der Waals surface area contributed by atoms with Gasteiger partial charge < -0.3 is 5.11 Å². The number of alkyl halides is 1. The van der Waals surface area contributed by atoms with Crippen LogP contribution in [-0.4, -0.2) is 23.5 Å². The summed E-state index contributed by atoms with van der Waals surface area (Å²) in [5.74, 6) is -1.85. The van der Waals surface area contributed by atoms with Crippen LogP contribution in [0.15, 0.2) is 23.1 Å². The zero-order chi connectivity index (χ0) is 10.6. The van der Waals surface area contributed by atoms with Gasteiger partial charge in [0.15, 0.2) is 0 Å². The maximum absolute atomic E-state index is 12.9. The number of rotatable bonds is 4. The van der Waals surface area contributed by atoms with Gasteiger partial charge in [-0.3, -0.25) is 4.39 Å². The summed E-state index contributed by atoms with van der Waals surface area (Å²) in [4.78, 5) is 11.1. The molecular formula is C9H8F2O2S. The first-order valence-electron chi connectivity index (χ1n) is 3.86. The summed E-state index contributed by atoms with van der Waals surface area (Å²) in [6.45, 7) is -0.496. The van der Waals surface area contributed by atoms with E-state index in [4.69, 9.17) is 5.11 Å². The fourth-order valence-electron chi connectivity index (χ4n) is 0.914. The lowest BCUT2D eigenvalue weighted by atomic mass is 10.2. The van der Waals surface area contributed by atoms with Crippen molar-refractivity contribution in [3.63, 3.8) is 0 Å². The van der Waals surface area contributed by atoms with Crippen LogP contribution in [-0.2, 0) is 0 Å². The van der Waals surface area contributed by atoms with Crippen LogP contribution in [0.1, 0.15) is 10.4 Å². The molecular weight excluding hydrogens is 210 g/mol. The van der Waals surface area contributed by atoms with Gasteiger partial charge in [0.2, 0.25) is 0 Å². The van der Waals surface area contributed by atoms with E-state index in [0.29, 0.717) is 4.90 Å². The highest BCUT2D eigenvalue weighted by Crippen LogP contribution is 2.20. The molecule has 0 atom stereocenters. The zero-order valence-electron chi connectivity index (χ0n) is 7.17. The lowest BCUT2D eigenvalue weighted by Gasteiger charge is -2.01. The van der Waals surface area contributed by atoms with E-state index in [0.717, 1.165) is 17.8 Å². The normalized spacial score (nSPS) is 10.1. The van der Waals surface area contributed by atoms with Gasteiger partial charge in [-0.05, 0) is 18.2 Å². The number of hydrogen-bond donors (Lipinski definition) is 1. The van der Waals surface area contributed by atoms with Crippen molar-refractivity contribution >= 4 is 17.7 Å². The zero-order valence-corrected chi connectivity index (χ0v) is 7.98. The first-order chi connectivity index (χ1) is 6.65. The molecule has 0 bridgehead atoms. The molecule has 1 rings (SSSR count). The van der Waals surface area contributed by atoms with Gasteiger partial charge in [-0.2, -0.15) is 0 Å². The number of halogens is 2. The SMILES string of the molecule is O=C(O)c1cc(SCCF)ccc1F. The standard InChI is InChI=1S/C9H8F2O2S/c10-3-4-14-6-1-2-8(11)7(5-6)9(12)13/h1-2,5H,3-4H2,(H,12,13). The summed E-state index contributed by atoms with van der Waals surface area (Å²) in [7, 11) is 0. The summed E-state index contributed by atoms with van der Waals surface area (Å²) >= 11 is 1.16. The molecule has 0 aliphatic carbocycles. The summed E-state index contributed by atoms with van der Waals surface area (Å²) in [5, 5.41) is 8.59. The van der Waals surface area contributed by atoms with Crippen molar-refractivity contribution in [1.29, 1.82) is 0 Å². The van der Waals surface area contributed by atoms with Crippen LogP contribution in [0.25, 0.3) is 0 Å². The molecule has 1 aromatic rings. The van der Waals surface area contributed by atoms with E-state index < -0.39 is 18.5 Å². The number of carboxylic acids is 1. The molecule has 1 N–H and O–H groups in total. The third kappa shape index (κ3) is 2.70.